The Morgan fingerprint density at radius 2 is 2.12 bits per heavy atom. The SMILES string of the molecule is CCn1nc(CC(C)C)cc1C(=O)N[C@H]1COC[C@H]1CS(=O)(=O)N(C)C. The van der Waals surface area contributed by atoms with Crippen LogP contribution in [0.2, 0.25) is 0 Å². The molecule has 9 heteroatoms. The molecule has 1 amide bonds. The molecular weight excluding hydrogens is 356 g/mol. The van der Waals surface area contributed by atoms with Crippen LogP contribution < -0.4 is 5.32 Å². The van der Waals surface area contributed by atoms with Crippen molar-refractivity contribution < 1.29 is 17.9 Å². The summed E-state index contributed by atoms with van der Waals surface area (Å²) in [6, 6.07) is 1.49. The van der Waals surface area contributed by atoms with Gasteiger partial charge in [-0.05, 0) is 25.3 Å². The Balaban J connectivity index is 2.10. The minimum absolute atomic E-state index is 0.0451. The number of carbonyl (C=O) groups is 1. The largest absolute Gasteiger partial charge is 0.379 e. The van der Waals surface area contributed by atoms with Crippen LogP contribution in [0.1, 0.15) is 37.0 Å². The Morgan fingerprint density at radius 3 is 2.69 bits per heavy atom. The van der Waals surface area contributed by atoms with E-state index in [9.17, 15) is 13.2 Å². The van der Waals surface area contributed by atoms with Gasteiger partial charge in [0.05, 0.1) is 30.7 Å². The molecule has 2 rings (SSSR count). The van der Waals surface area contributed by atoms with E-state index in [4.69, 9.17) is 4.74 Å². The summed E-state index contributed by atoms with van der Waals surface area (Å²) in [6.07, 6.45) is 0.809. The zero-order valence-corrected chi connectivity index (χ0v) is 17.0. The molecule has 1 fully saturated rings. The van der Waals surface area contributed by atoms with Gasteiger partial charge in [0.25, 0.3) is 5.91 Å². The van der Waals surface area contributed by atoms with Crippen molar-refractivity contribution in [3.05, 3.63) is 17.5 Å². The van der Waals surface area contributed by atoms with Crippen molar-refractivity contribution in [2.45, 2.75) is 39.8 Å². The molecule has 0 aliphatic carbocycles. The lowest BCUT2D eigenvalue weighted by molar-refractivity contribution is 0.0915. The van der Waals surface area contributed by atoms with Crippen molar-refractivity contribution in [2.24, 2.45) is 11.8 Å². The van der Waals surface area contributed by atoms with Gasteiger partial charge < -0.3 is 10.1 Å². The molecule has 1 N–H and O–H groups in total. The Kier molecular flexibility index (Phi) is 6.81. The van der Waals surface area contributed by atoms with Gasteiger partial charge in [-0.1, -0.05) is 13.8 Å². The molecule has 1 aromatic rings. The smallest absolute Gasteiger partial charge is 0.269 e. The number of nitrogens with one attached hydrogen (secondary N) is 1. The van der Waals surface area contributed by atoms with Gasteiger partial charge in [0.15, 0.2) is 0 Å². The maximum Gasteiger partial charge on any atom is 0.269 e. The first kappa shape index (κ1) is 20.9. The molecule has 26 heavy (non-hydrogen) atoms. The van der Waals surface area contributed by atoms with Crippen LogP contribution in [0.15, 0.2) is 6.07 Å². The highest BCUT2D eigenvalue weighted by molar-refractivity contribution is 7.89. The highest BCUT2D eigenvalue weighted by atomic mass is 32.2. The highest BCUT2D eigenvalue weighted by Crippen LogP contribution is 2.18. The van der Waals surface area contributed by atoms with Crippen molar-refractivity contribution in [3.63, 3.8) is 0 Å². The quantitative estimate of drug-likeness (QED) is 0.711. The van der Waals surface area contributed by atoms with E-state index in [-0.39, 0.29) is 23.6 Å². The predicted molar refractivity (Wildman–Crippen MR) is 99.5 cm³/mol. The Labute approximate surface area is 155 Å². The van der Waals surface area contributed by atoms with Gasteiger partial charge in [-0.3, -0.25) is 9.48 Å². The predicted octanol–water partition coefficient (Wildman–Crippen LogP) is 0.738. The van der Waals surface area contributed by atoms with E-state index >= 15 is 0 Å². The molecule has 1 aromatic heterocycles. The molecular formula is C17H30N4O4S. The first-order valence-corrected chi connectivity index (χ1v) is 10.6. The maximum atomic E-state index is 12.7. The second-order valence-corrected chi connectivity index (χ2v) is 9.60. The number of amides is 1. The number of rotatable bonds is 8. The van der Waals surface area contributed by atoms with Crippen LogP contribution in [0.3, 0.4) is 0 Å². The van der Waals surface area contributed by atoms with Gasteiger partial charge in [-0.2, -0.15) is 5.10 Å². The van der Waals surface area contributed by atoms with Crippen LogP contribution in [0.5, 0.6) is 0 Å². The standard InChI is InChI=1S/C17H30N4O4S/c1-6-21-16(8-14(19-21)7-12(2)3)17(22)18-15-10-25-9-13(15)11-26(23,24)20(4)5/h8,12-13,15H,6-7,9-11H2,1-5H3,(H,18,22)/t13-,15-/m0/s1. The fraction of sp³-hybridized carbons (Fsp3) is 0.765. The van der Waals surface area contributed by atoms with E-state index in [1.165, 1.54) is 18.4 Å². The number of sulfonamides is 1. The average Bonchev–Trinajstić information content (AvgIpc) is 3.13. The number of ether oxygens (including phenoxy) is 1. The van der Waals surface area contributed by atoms with E-state index in [2.05, 4.69) is 24.3 Å². The maximum absolute atomic E-state index is 12.7. The second kappa shape index (κ2) is 8.49. The fourth-order valence-corrected chi connectivity index (χ4v) is 4.16. The molecule has 0 spiro atoms. The van der Waals surface area contributed by atoms with Gasteiger partial charge >= 0.3 is 0 Å². The van der Waals surface area contributed by atoms with Gasteiger partial charge in [0, 0.05) is 26.6 Å². The summed E-state index contributed by atoms with van der Waals surface area (Å²) >= 11 is 0. The van der Waals surface area contributed by atoms with Crippen molar-refractivity contribution in [1.29, 1.82) is 0 Å². The number of aryl methyl sites for hydroxylation is 1. The molecule has 148 valence electrons. The van der Waals surface area contributed by atoms with E-state index in [1.807, 2.05) is 13.0 Å². The highest BCUT2D eigenvalue weighted by Gasteiger charge is 2.34. The third-order valence-electron chi connectivity index (χ3n) is 4.48. The Hall–Kier alpha value is -1.45. The van der Waals surface area contributed by atoms with Crippen LogP contribution >= 0.6 is 0 Å². The van der Waals surface area contributed by atoms with Crippen LogP contribution in [-0.2, 0) is 27.7 Å². The molecule has 0 unspecified atom stereocenters. The van der Waals surface area contributed by atoms with Gasteiger partial charge in [-0.15, -0.1) is 0 Å². The molecule has 1 aliphatic heterocycles. The monoisotopic (exact) mass is 386 g/mol. The summed E-state index contributed by atoms with van der Waals surface area (Å²) in [5, 5.41) is 7.43. The third kappa shape index (κ3) is 5.05. The lowest BCUT2D eigenvalue weighted by Gasteiger charge is -2.21. The van der Waals surface area contributed by atoms with Crippen LogP contribution in [0.4, 0.5) is 0 Å². The van der Waals surface area contributed by atoms with Gasteiger partial charge in [-0.25, -0.2) is 12.7 Å². The minimum atomic E-state index is -3.35. The summed E-state index contributed by atoms with van der Waals surface area (Å²) in [6.45, 7) is 7.39. The van der Waals surface area contributed by atoms with Crippen molar-refractivity contribution in [2.75, 3.05) is 33.1 Å². The topological polar surface area (TPSA) is 93.5 Å². The molecule has 0 saturated carbocycles. The van der Waals surface area contributed by atoms with Crippen molar-refractivity contribution >= 4 is 15.9 Å². The average molecular weight is 387 g/mol. The number of hydrogen-bond donors (Lipinski definition) is 1. The molecule has 0 bridgehead atoms. The molecule has 1 saturated heterocycles. The first-order valence-electron chi connectivity index (χ1n) is 8.99. The van der Waals surface area contributed by atoms with E-state index < -0.39 is 10.0 Å². The normalized spacial score (nSPS) is 20.9. The van der Waals surface area contributed by atoms with Crippen molar-refractivity contribution in [1.82, 2.24) is 19.4 Å². The molecule has 2 heterocycles. The number of nitrogens with zero attached hydrogens (tertiary/aromatic N) is 3. The zero-order chi connectivity index (χ0) is 19.5. The molecule has 8 nitrogen and oxygen atoms in total. The van der Waals surface area contributed by atoms with E-state index in [0.29, 0.717) is 31.4 Å². The third-order valence-corrected chi connectivity index (χ3v) is 6.44. The minimum Gasteiger partial charge on any atom is -0.379 e. The fourth-order valence-electron chi connectivity index (χ4n) is 3.00. The first-order chi connectivity index (χ1) is 12.1. The Bertz CT molecular complexity index is 727. The van der Waals surface area contributed by atoms with Gasteiger partial charge in [0.2, 0.25) is 10.0 Å². The van der Waals surface area contributed by atoms with E-state index in [1.54, 1.807) is 4.68 Å². The Morgan fingerprint density at radius 1 is 1.42 bits per heavy atom. The summed E-state index contributed by atoms with van der Waals surface area (Å²) in [5.74, 6) is -0.0945. The van der Waals surface area contributed by atoms with E-state index in [0.717, 1.165) is 12.1 Å². The van der Waals surface area contributed by atoms with Crippen LogP contribution in [0.25, 0.3) is 0 Å². The summed E-state index contributed by atoms with van der Waals surface area (Å²) in [7, 11) is -0.335. The molecule has 2 atom stereocenters. The summed E-state index contributed by atoms with van der Waals surface area (Å²) < 4.78 is 32.6. The van der Waals surface area contributed by atoms with Crippen molar-refractivity contribution in [3.8, 4) is 0 Å². The van der Waals surface area contributed by atoms with Gasteiger partial charge in [0.1, 0.15) is 5.69 Å². The molecule has 0 aromatic carbocycles. The summed E-state index contributed by atoms with van der Waals surface area (Å²) in [5.41, 5.74) is 1.39. The zero-order valence-electron chi connectivity index (χ0n) is 16.2. The molecule has 1 aliphatic rings. The molecule has 0 radical (unpaired) electrons. The number of aromatic nitrogens is 2. The summed E-state index contributed by atoms with van der Waals surface area (Å²) in [4.78, 5) is 12.7. The van der Waals surface area contributed by atoms with Crippen LogP contribution in [-0.4, -0.2) is 67.5 Å². The number of carbonyl (C=O) groups excluding carboxylic acids is 1. The van der Waals surface area contributed by atoms with Crippen LogP contribution in [0, 0.1) is 11.8 Å². The number of hydrogen-bond acceptors (Lipinski definition) is 5. The lowest BCUT2D eigenvalue weighted by atomic mass is 10.1. The second-order valence-electron chi connectivity index (χ2n) is 7.37. The lowest BCUT2D eigenvalue weighted by Crippen LogP contribution is -2.44.